The summed E-state index contributed by atoms with van der Waals surface area (Å²) in [7, 11) is 0. The zero-order valence-electron chi connectivity index (χ0n) is 13.1. The fourth-order valence-corrected chi connectivity index (χ4v) is 2.01. The number of nitrogens with zero attached hydrogens (tertiary/aromatic N) is 2. The Labute approximate surface area is 131 Å². The molecule has 0 saturated heterocycles. The van der Waals surface area contributed by atoms with Gasteiger partial charge in [0, 0.05) is 44.4 Å². The van der Waals surface area contributed by atoms with Crippen molar-refractivity contribution in [2.45, 2.75) is 26.2 Å². The minimum atomic E-state index is 0.798. The molecule has 5 heteroatoms. The summed E-state index contributed by atoms with van der Waals surface area (Å²) in [6.45, 7) is 4.55. The van der Waals surface area contributed by atoms with Crippen molar-refractivity contribution in [3.8, 4) is 0 Å². The Bertz CT molecular complexity index is 537. The number of aliphatic imine (C=N–C) groups is 1. The van der Waals surface area contributed by atoms with E-state index in [1.54, 1.807) is 6.26 Å². The van der Waals surface area contributed by atoms with Crippen LogP contribution < -0.4 is 10.6 Å². The highest BCUT2D eigenvalue weighted by Crippen LogP contribution is 1.99. The van der Waals surface area contributed by atoms with Gasteiger partial charge in [-0.3, -0.25) is 9.98 Å². The van der Waals surface area contributed by atoms with E-state index in [9.17, 15) is 0 Å². The number of guanidine groups is 1. The van der Waals surface area contributed by atoms with Gasteiger partial charge in [-0.1, -0.05) is 13.0 Å². The van der Waals surface area contributed by atoms with Crippen LogP contribution >= 0.6 is 0 Å². The second-order valence-electron chi connectivity index (χ2n) is 4.98. The van der Waals surface area contributed by atoms with Crippen molar-refractivity contribution in [1.82, 2.24) is 15.6 Å². The van der Waals surface area contributed by atoms with Crippen LogP contribution in [0.4, 0.5) is 0 Å². The van der Waals surface area contributed by atoms with Crippen LogP contribution in [0.3, 0.4) is 0 Å². The summed E-state index contributed by atoms with van der Waals surface area (Å²) in [6, 6.07) is 9.87. The van der Waals surface area contributed by atoms with Crippen molar-refractivity contribution in [2.75, 3.05) is 19.6 Å². The van der Waals surface area contributed by atoms with Crippen LogP contribution in [0, 0.1) is 0 Å². The number of hydrogen-bond donors (Lipinski definition) is 2. The van der Waals surface area contributed by atoms with Crippen molar-refractivity contribution >= 4 is 5.96 Å². The Kier molecular flexibility index (Phi) is 7.02. The van der Waals surface area contributed by atoms with E-state index in [0.717, 1.165) is 56.3 Å². The maximum Gasteiger partial charge on any atom is 0.191 e. The first-order valence-corrected chi connectivity index (χ1v) is 7.83. The fraction of sp³-hybridized carbons (Fsp3) is 0.412. The molecule has 0 radical (unpaired) electrons. The molecular weight excluding hydrogens is 276 g/mol. The molecule has 118 valence electrons. The highest BCUT2D eigenvalue weighted by molar-refractivity contribution is 5.79. The first-order valence-electron chi connectivity index (χ1n) is 7.83. The molecule has 0 fully saturated rings. The second kappa shape index (κ2) is 9.60. The highest BCUT2D eigenvalue weighted by Gasteiger charge is 2.00. The van der Waals surface area contributed by atoms with Gasteiger partial charge in [-0.05, 0) is 30.7 Å². The lowest BCUT2D eigenvalue weighted by Crippen LogP contribution is -2.39. The Morgan fingerprint density at radius 1 is 1.14 bits per heavy atom. The summed E-state index contributed by atoms with van der Waals surface area (Å²) in [5.41, 5.74) is 1.08. The largest absolute Gasteiger partial charge is 0.469 e. The van der Waals surface area contributed by atoms with Gasteiger partial charge in [0.15, 0.2) is 5.96 Å². The van der Waals surface area contributed by atoms with Crippen molar-refractivity contribution in [2.24, 2.45) is 4.99 Å². The minimum Gasteiger partial charge on any atom is -0.469 e. The number of furan rings is 1. The van der Waals surface area contributed by atoms with Crippen molar-refractivity contribution in [3.63, 3.8) is 0 Å². The minimum absolute atomic E-state index is 0.798. The first kappa shape index (κ1) is 16.1. The van der Waals surface area contributed by atoms with Gasteiger partial charge >= 0.3 is 0 Å². The van der Waals surface area contributed by atoms with E-state index >= 15 is 0 Å². The van der Waals surface area contributed by atoms with E-state index < -0.39 is 0 Å². The monoisotopic (exact) mass is 300 g/mol. The van der Waals surface area contributed by atoms with Gasteiger partial charge < -0.3 is 15.1 Å². The van der Waals surface area contributed by atoms with Gasteiger partial charge in [0.2, 0.25) is 0 Å². The number of pyridine rings is 1. The molecule has 5 nitrogen and oxygen atoms in total. The molecule has 0 amide bonds. The second-order valence-corrected chi connectivity index (χ2v) is 4.98. The molecule has 0 aliphatic rings. The molecule has 0 aliphatic heterocycles. The Hall–Kier alpha value is -2.30. The molecule has 0 atom stereocenters. The highest BCUT2D eigenvalue weighted by atomic mass is 16.3. The van der Waals surface area contributed by atoms with Crippen LogP contribution in [-0.2, 0) is 12.8 Å². The number of rotatable bonds is 8. The van der Waals surface area contributed by atoms with Crippen LogP contribution in [0.5, 0.6) is 0 Å². The summed E-state index contributed by atoms with van der Waals surface area (Å²) in [5.74, 6) is 1.83. The van der Waals surface area contributed by atoms with Crippen LogP contribution in [0.1, 0.15) is 24.8 Å². The van der Waals surface area contributed by atoms with Crippen molar-refractivity contribution in [3.05, 3.63) is 54.2 Å². The van der Waals surface area contributed by atoms with Crippen molar-refractivity contribution in [1.29, 1.82) is 0 Å². The predicted molar refractivity (Wildman–Crippen MR) is 89.0 cm³/mol. The van der Waals surface area contributed by atoms with Gasteiger partial charge in [0.1, 0.15) is 5.76 Å². The SMILES string of the molecule is CCCN=C(NCCc1ccccn1)NCCc1ccco1. The zero-order chi connectivity index (χ0) is 15.5. The number of aromatic nitrogens is 1. The average molecular weight is 300 g/mol. The molecule has 0 spiro atoms. The predicted octanol–water partition coefficient (Wildman–Crippen LogP) is 2.41. The van der Waals surface area contributed by atoms with Gasteiger partial charge in [-0.2, -0.15) is 0 Å². The summed E-state index contributed by atoms with van der Waals surface area (Å²) in [5, 5.41) is 6.69. The standard InChI is InChI=1S/C17H24N4O/c1-2-10-19-17(21-13-9-16-7-5-14-22-16)20-12-8-15-6-3-4-11-18-15/h3-7,11,14H,2,8-10,12-13H2,1H3,(H2,19,20,21). The molecule has 2 aromatic heterocycles. The average Bonchev–Trinajstić information content (AvgIpc) is 3.06. The van der Waals surface area contributed by atoms with E-state index in [0.29, 0.717) is 0 Å². The molecule has 0 bridgehead atoms. The van der Waals surface area contributed by atoms with E-state index in [-0.39, 0.29) is 0 Å². The first-order chi connectivity index (χ1) is 10.9. The lowest BCUT2D eigenvalue weighted by Gasteiger charge is -2.12. The normalized spacial score (nSPS) is 11.4. The van der Waals surface area contributed by atoms with Crippen LogP contribution in [-0.4, -0.2) is 30.6 Å². The quantitative estimate of drug-likeness (QED) is 0.580. The molecule has 0 unspecified atom stereocenters. The maximum atomic E-state index is 5.33. The van der Waals surface area contributed by atoms with Gasteiger partial charge in [-0.25, -0.2) is 0 Å². The van der Waals surface area contributed by atoms with Crippen molar-refractivity contribution < 1.29 is 4.42 Å². The molecular formula is C17H24N4O. The molecule has 0 aromatic carbocycles. The van der Waals surface area contributed by atoms with E-state index in [2.05, 4.69) is 27.5 Å². The summed E-state index contributed by atoms with van der Waals surface area (Å²) in [6.07, 6.45) is 6.28. The molecule has 2 rings (SSSR count). The zero-order valence-corrected chi connectivity index (χ0v) is 13.1. The smallest absolute Gasteiger partial charge is 0.191 e. The molecule has 22 heavy (non-hydrogen) atoms. The van der Waals surface area contributed by atoms with E-state index in [1.165, 1.54) is 0 Å². The molecule has 2 aromatic rings. The fourth-order valence-electron chi connectivity index (χ4n) is 2.01. The lowest BCUT2D eigenvalue weighted by atomic mass is 10.3. The molecule has 2 heterocycles. The van der Waals surface area contributed by atoms with E-state index in [1.807, 2.05) is 36.5 Å². The topological polar surface area (TPSA) is 62.5 Å². The van der Waals surface area contributed by atoms with Gasteiger partial charge in [0.25, 0.3) is 0 Å². The van der Waals surface area contributed by atoms with Crippen LogP contribution in [0.2, 0.25) is 0 Å². The Balaban J connectivity index is 1.73. The number of nitrogens with one attached hydrogen (secondary N) is 2. The molecule has 0 saturated carbocycles. The molecule has 0 aliphatic carbocycles. The van der Waals surface area contributed by atoms with Gasteiger partial charge in [-0.15, -0.1) is 0 Å². The summed E-state index contributed by atoms with van der Waals surface area (Å²) in [4.78, 5) is 8.86. The Morgan fingerprint density at radius 2 is 2.00 bits per heavy atom. The van der Waals surface area contributed by atoms with Crippen LogP contribution in [0.15, 0.2) is 52.2 Å². The third-order valence-electron chi connectivity index (χ3n) is 3.14. The third kappa shape index (κ3) is 5.99. The summed E-state index contributed by atoms with van der Waals surface area (Å²) < 4.78 is 5.33. The summed E-state index contributed by atoms with van der Waals surface area (Å²) >= 11 is 0. The van der Waals surface area contributed by atoms with Crippen LogP contribution in [0.25, 0.3) is 0 Å². The molecule has 2 N–H and O–H groups in total. The van der Waals surface area contributed by atoms with Gasteiger partial charge in [0.05, 0.1) is 6.26 Å². The lowest BCUT2D eigenvalue weighted by molar-refractivity contribution is 0.506. The Morgan fingerprint density at radius 3 is 2.68 bits per heavy atom. The number of hydrogen-bond acceptors (Lipinski definition) is 3. The third-order valence-corrected chi connectivity index (χ3v) is 3.14. The van der Waals surface area contributed by atoms with E-state index in [4.69, 9.17) is 4.42 Å². The maximum absolute atomic E-state index is 5.33.